The first-order chi connectivity index (χ1) is 9.24. The molecule has 0 spiro atoms. The lowest BCUT2D eigenvalue weighted by Crippen LogP contribution is -2.31. The van der Waals surface area contributed by atoms with Crippen molar-refractivity contribution in [3.8, 4) is 0 Å². The van der Waals surface area contributed by atoms with Gasteiger partial charge in [-0.1, -0.05) is 37.3 Å². The molecule has 1 aromatic carbocycles. The van der Waals surface area contributed by atoms with E-state index in [4.69, 9.17) is 0 Å². The molecule has 1 heterocycles. The number of rotatable bonds is 2. The molecule has 2 aliphatic rings. The van der Waals surface area contributed by atoms with Crippen LogP contribution in [0.3, 0.4) is 0 Å². The van der Waals surface area contributed by atoms with E-state index >= 15 is 0 Å². The SMILES string of the molecule is CCc1ccccc1N1C(=O)[C@@H]2CC=CC[C@H]2C1=O. The summed E-state index contributed by atoms with van der Waals surface area (Å²) in [4.78, 5) is 26.4. The van der Waals surface area contributed by atoms with Crippen LogP contribution in [0.5, 0.6) is 0 Å². The van der Waals surface area contributed by atoms with Crippen LogP contribution in [0.25, 0.3) is 0 Å². The van der Waals surface area contributed by atoms with Crippen molar-refractivity contribution in [2.45, 2.75) is 26.2 Å². The van der Waals surface area contributed by atoms with Gasteiger partial charge < -0.3 is 0 Å². The van der Waals surface area contributed by atoms with Crippen molar-refractivity contribution in [1.82, 2.24) is 0 Å². The third-order valence-electron chi connectivity index (χ3n) is 4.12. The number of aryl methyl sites for hydroxylation is 1. The van der Waals surface area contributed by atoms with Gasteiger partial charge in [0, 0.05) is 0 Å². The Bertz CT molecular complexity index is 536. The van der Waals surface area contributed by atoms with Crippen LogP contribution < -0.4 is 4.90 Å². The maximum absolute atomic E-state index is 12.5. The number of imide groups is 1. The summed E-state index contributed by atoms with van der Waals surface area (Å²) in [6, 6.07) is 7.69. The van der Waals surface area contributed by atoms with Crippen molar-refractivity contribution in [2.75, 3.05) is 4.90 Å². The van der Waals surface area contributed by atoms with Crippen LogP contribution in [0.1, 0.15) is 25.3 Å². The zero-order chi connectivity index (χ0) is 13.4. The summed E-state index contributed by atoms with van der Waals surface area (Å²) in [7, 11) is 0. The van der Waals surface area contributed by atoms with Crippen LogP contribution in [-0.2, 0) is 16.0 Å². The average molecular weight is 255 g/mol. The third kappa shape index (κ3) is 1.81. The Labute approximate surface area is 112 Å². The number of hydrogen-bond acceptors (Lipinski definition) is 2. The Morgan fingerprint density at radius 2 is 1.63 bits per heavy atom. The van der Waals surface area contributed by atoms with E-state index in [2.05, 4.69) is 0 Å². The number of carbonyl (C=O) groups excluding carboxylic acids is 2. The highest BCUT2D eigenvalue weighted by Crippen LogP contribution is 2.38. The standard InChI is InChI=1S/C16H17NO2/c1-2-11-7-3-6-10-14(11)17-15(18)12-8-4-5-9-13(12)16(17)19/h3-7,10,12-13H,2,8-9H2,1H3/t12-,13-/m1/s1. The van der Waals surface area contributed by atoms with E-state index in [1.807, 2.05) is 43.3 Å². The lowest BCUT2D eigenvalue weighted by molar-refractivity contribution is -0.122. The van der Waals surface area contributed by atoms with Gasteiger partial charge in [-0.25, -0.2) is 4.90 Å². The van der Waals surface area contributed by atoms with Gasteiger partial charge in [-0.2, -0.15) is 0 Å². The van der Waals surface area contributed by atoms with Crippen LogP contribution in [0.4, 0.5) is 5.69 Å². The zero-order valence-electron chi connectivity index (χ0n) is 11.0. The molecule has 0 N–H and O–H groups in total. The number of benzene rings is 1. The van der Waals surface area contributed by atoms with Gasteiger partial charge in [0.2, 0.25) is 11.8 Å². The molecule has 3 nitrogen and oxygen atoms in total. The minimum Gasteiger partial charge on any atom is -0.274 e. The number of nitrogens with zero attached hydrogens (tertiary/aromatic N) is 1. The first-order valence-electron chi connectivity index (χ1n) is 6.84. The molecule has 1 fully saturated rings. The molecule has 1 aliphatic heterocycles. The molecule has 0 aromatic heterocycles. The molecule has 3 heteroatoms. The molecular weight excluding hydrogens is 238 g/mol. The van der Waals surface area contributed by atoms with Crippen molar-refractivity contribution in [2.24, 2.45) is 11.8 Å². The minimum atomic E-state index is -0.151. The second kappa shape index (κ2) is 4.65. The topological polar surface area (TPSA) is 37.4 Å². The smallest absolute Gasteiger partial charge is 0.238 e. The molecule has 98 valence electrons. The summed E-state index contributed by atoms with van der Waals surface area (Å²) in [5.41, 5.74) is 1.82. The second-order valence-corrected chi connectivity index (χ2v) is 5.15. The van der Waals surface area contributed by atoms with Crippen LogP contribution >= 0.6 is 0 Å². The Hall–Kier alpha value is -1.90. The highest BCUT2D eigenvalue weighted by Gasteiger charge is 2.48. The maximum Gasteiger partial charge on any atom is 0.238 e. The van der Waals surface area contributed by atoms with E-state index < -0.39 is 0 Å². The number of amides is 2. The summed E-state index contributed by atoms with van der Waals surface area (Å²) >= 11 is 0. The molecule has 0 unspecified atom stereocenters. The summed E-state index contributed by atoms with van der Waals surface area (Å²) in [6.45, 7) is 2.04. The van der Waals surface area contributed by atoms with E-state index in [0.29, 0.717) is 12.8 Å². The molecule has 2 amide bonds. The molecule has 2 atom stereocenters. The Kier molecular flexibility index (Phi) is 2.97. The fraction of sp³-hybridized carbons (Fsp3) is 0.375. The van der Waals surface area contributed by atoms with Crippen molar-refractivity contribution in [3.63, 3.8) is 0 Å². The monoisotopic (exact) mass is 255 g/mol. The van der Waals surface area contributed by atoms with Crippen molar-refractivity contribution >= 4 is 17.5 Å². The summed E-state index contributed by atoms with van der Waals surface area (Å²) in [5, 5.41) is 0. The lowest BCUT2D eigenvalue weighted by Gasteiger charge is -2.18. The number of fused-ring (bicyclic) bond motifs is 1. The Morgan fingerprint density at radius 1 is 1.05 bits per heavy atom. The van der Waals surface area contributed by atoms with E-state index in [-0.39, 0.29) is 23.7 Å². The summed E-state index contributed by atoms with van der Waals surface area (Å²) < 4.78 is 0. The van der Waals surface area contributed by atoms with E-state index in [9.17, 15) is 9.59 Å². The fourth-order valence-corrected chi connectivity index (χ4v) is 3.07. The molecule has 0 bridgehead atoms. The molecule has 3 rings (SSSR count). The number of allylic oxidation sites excluding steroid dienone is 2. The first kappa shape index (κ1) is 12.2. The van der Waals surface area contributed by atoms with Gasteiger partial charge in [0.25, 0.3) is 0 Å². The number of anilines is 1. The fourth-order valence-electron chi connectivity index (χ4n) is 3.07. The van der Waals surface area contributed by atoms with Crippen LogP contribution in [-0.4, -0.2) is 11.8 Å². The lowest BCUT2D eigenvalue weighted by atomic mass is 9.85. The van der Waals surface area contributed by atoms with E-state index in [1.54, 1.807) is 0 Å². The summed E-state index contributed by atoms with van der Waals surface area (Å²) in [6.07, 6.45) is 6.24. The highest BCUT2D eigenvalue weighted by atomic mass is 16.2. The van der Waals surface area contributed by atoms with Gasteiger partial charge in [0.15, 0.2) is 0 Å². The minimum absolute atomic E-state index is 0.0275. The van der Waals surface area contributed by atoms with Gasteiger partial charge in [-0.3, -0.25) is 9.59 Å². The van der Waals surface area contributed by atoms with Gasteiger partial charge in [-0.15, -0.1) is 0 Å². The van der Waals surface area contributed by atoms with Crippen LogP contribution in [0.15, 0.2) is 36.4 Å². The molecule has 1 aromatic rings. The molecule has 1 aliphatic carbocycles. The zero-order valence-corrected chi connectivity index (χ0v) is 11.0. The van der Waals surface area contributed by atoms with Crippen molar-refractivity contribution in [3.05, 3.63) is 42.0 Å². The number of hydrogen-bond donors (Lipinski definition) is 0. The highest BCUT2D eigenvalue weighted by molar-refractivity contribution is 6.22. The van der Waals surface area contributed by atoms with Gasteiger partial charge >= 0.3 is 0 Å². The number of para-hydroxylation sites is 1. The average Bonchev–Trinajstić information content (AvgIpc) is 2.71. The predicted octanol–water partition coefficient (Wildman–Crippen LogP) is 2.70. The molecule has 0 radical (unpaired) electrons. The maximum atomic E-state index is 12.5. The van der Waals surface area contributed by atoms with Crippen molar-refractivity contribution in [1.29, 1.82) is 0 Å². The van der Waals surface area contributed by atoms with E-state index in [1.165, 1.54) is 4.90 Å². The molecular formula is C16H17NO2. The van der Waals surface area contributed by atoms with E-state index in [0.717, 1.165) is 17.7 Å². The molecule has 1 saturated heterocycles. The van der Waals surface area contributed by atoms with Crippen LogP contribution in [0, 0.1) is 11.8 Å². The number of carbonyl (C=O) groups is 2. The third-order valence-corrected chi connectivity index (χ3v) is 4.12. The van der Waals surface area contributed by atoms with Crippen molar-refractivity contribution < 1.29 is 9.59 Å². The predicted molar refractivity (Wildman–Crippen MR) is 73.7 cm³/mol. The second-order valence-electron chi connectivity index (χ2n) is 5.15. The normalized spacial score (nSPS) is 25.8. The Balaban J connectivity index is 2.02. The van der Waals surface area contributed by atoms with Gasteiger partial charge in [-0.05, 0) is 30.9 Å². The van der Waals surface area contributed by atoms with Gasteiger partial charge in [0.05, 0.1) is 17.5 Å². The van der Waals surface area contributed by atoms with Gasteiger partial charge in [0.1, 0.15) is 0 Å². The van der Waals surface area contributed by atoms with Crippen LogP contribution in [0.2, 0.25) is 0 Å². The molecule has 19 heavy (non-hydrogen) atoms. The quantitative estimate of drug-likeness (QED) is 0.602. The Morgan fingerprint density at radius 3 is 2.21 bits per heavy atom. The largest absolute Gasteiger partial charge is 0.274 e. The molecule has 0 saturated carbocycles. The summed E-state index contributed by atoms with van der Waals surface area (Å²) in [5.74, 6) is -0.356. The first-order valence-corrected chi connectivity index (χ1v) is 6.84.